The minimum Gasteiger partial charge on any atom is -0.497 e. The van der Waals surface area contributed by atoms with Crippen LogP contribution in [-0.2, 0) is 6.54 Å². The Morgan fingerprint density at radius 2 is 2.04 bits per heavy atom. The minimum absolute atomic E-state index is 0. The van der Waals surface area contributed by atoms with Crippen molar-refractivity contribution in [2.45, 2.75) is 26.8 Å². The molecule has 1 heterocycles. The van der Waals surface area contributed by atoms with Crippen molar-refractivity contribution in [3.63, 3.8) is 0 Å². The number of rotatable bonds is 7. The maximum absolute atomic E-state index is 5.83. The number of nitrogens with zero attached hydrogens (tertiary/aromatic N) is 4. The molecule has 2 rings (SSSR count). The third-order valence-corrected chi connectivity index (χ3v) is 3.32. The van der Waals surface area contributed by atoms with Gasteiger partial charge in [0.25, 0.3) is 0 Å². The van der Waals surface area contributed by atoms with Crippen LogP contribution in [0.4, 0.5) is 0 Å². The lowest BCUT2D eigenvalue weighted by Gasteiger charge is -2.06. The number of hydrogen-bond acceptors (Lipinski definition) is 4. The van der Waals surface area contributed by atoms with Crippen LogP contribution in [0.1, 0.15) is 26.0 Å². The molecule has 1 aromatic carbocycles. The fourth-order valence-corrected chi connectivity index (χ4v) is 1.94. The molecule has 7 nitrogen and oxygen atoms in total. The number of methoxy groups -OCH3 is 1. The second-order valence-corrected chi connectivity index (χ2v) is 5.66. The highest BCUT2D eigenvalue weighted by Gasteiger charge is 2.03. The van der Waals surface area contributed by atoms with E-state index in [4.69, 9.17) is 10.5 Å². The van der Waals surface area contributed by atoms with Crippen molar-refractivity contribution in [3.8, 4) is 11.4 Å². The van der Waals surface area contributed by atoms with Gasteiger partial charge in [0, 0.05) is 6.54 Å². The van der Waals surface area contributed by atoms with Crippen molar-refractivity contribution in [1.29, 1.82) is 0 Å². The number of nitrogens with one attached hydrogen (secondary N) is 1. The van der Waals surface area contributed by atoms with Gasteiger partial charge in [-0.2, -0.15) is 0 Å². The van der Waals surface area contributed by atoms with Crippen molar-refractivity contribution >= 4 is 29.9 Å². The van der Waals surface area contributed by atoms with Crippen LogP contribution < -0.4 is 15.8 Å². The molecule has 3 N–H and O–H groups in total. The van der Waals surface area contributed by atoms with Crippen LogP contribution in [0.3, 0.4) is 0 Å². The summed E-state index contributed by atoms with van der Waals surface area (Å²) in [7, 11) is 1.64. The van der Waals surface area contributed by atoms with Gasteiger partial charge in [-0.05, 0) is 36.6 Å². The summed E-state index contributed by atoms with van der Waals surface area (Å²) in [6.45, 7) is 5.57. The summed E-state index contributed by atoms with van der Waals surface area (Å²) >= 11 is 0. The first-order valence-corrected chi connectivity index (χ1v) is 7.68. The molecule has 0 aliphatic rings. The molecule has 0 saturated heterocycles. The summed E-state index contributed by atoms with van der Waals surface area (Å²) < 4.78 is 6.84. The monoisotopic (exact) mass is 444 g/mol. The van der Waals surface area contributed by atoms with Crippen LogP contribution in [0.5, 0.6) is 5.75 Å². The van der Waals surface area contributed by atoms with Gasteiger partial charge in [0.1, 0.15) is 11.4 Å². The third kappa shape index (κ3) is 6.34. The first-order chi connectivity index (χ1) is 11.1. The highest BCUT2D eigenvalue weighted by Crippen LogP contribution is 2.14. The Labute approximate surface area is 159 Å². The number of nitrogens with two attached hydrogens (primary N) is 1. The summed E-state index contributed by atoms with van der Waals surface area (Å²) in [5.41, 5.74) is 7.50. The molecule has 8 heteroatoms. The molecule has 0 bridgehead atoms. The smallest absolute Gasteiger partial charge is 0.188 e. The quantitative estimate of drug-likeness (QED) is 0.389. The maximum atomic E-state index is 5.83. The lowest BCUT2D eigenvalue weighted by Crippen LogP contribution is -2.32. The summed E-state index contributed by atoms with van der Waals surface area (Å²) in [6.07, 6.45) is 2.90. The highest BCUT2D eigenvalue weighted by molar-refractivity contribution is 14.0. The SMILES string of the molecule is COc1ccc(-n2cc(CN=C(N)NCCC(C)C)nn2)cc1.I. The zero-order valence-electron chi connectivity index (χ0n) is 14.3. The predicted molar refractivity (Wildman–Crippen MR) is 106 cm³/mol. The molecule has 0 amide bonds. The van der Waals surface area contributed by atoms with E-state index in [2.05, 4.69) is 34.5 Å². The van der Waals surface area contributed by atoms with Crippen molar-refractivity contribution in [3.05, 3.63) is 36.2 Å². The lowest BCUT2D eigenvalue weighted by atomic mass is 10.1. The van der Waals surface area contributed by atoms with Crippen molar-refractivity contribution in [2.24, 2.45) is 16.6 Å². The number of aliphatic imine (C=N–C) groups is 1. The average Bonchev–Trinajstić information content (AvgIpc) is 3.01. The normalized spacial score (nSPS) is 11.2. The maximum Gasteiger partial charge on any atom is 0.188 e. The van der Waals surface area contributed by atoms with Gasteiger partial charge in [-0.1, -0.05) is 19.1 Å². The summed E-state index contributed by atoms with van der Waals surface area (Å²) in [5.74, 6) is 1.88. The topological polar surface area (TPSA) is 90.3 Å². The number of guanidine groups is 1. The number of aromatic nitrogens is 3. The molecule has 0 saturated carbocycles. The number of benzene rings is 1. The Hall–Kier alpha value is -1.84. The standard InChI is InChI=1S/C16H24N6O.HI/c1-12(2)8-9-18-16(17)19-10-13-11-22(21-20-13)14-4-6-15(23-3)7-5-14;/h4-7,11-12H,8-10H2,1-3H3,(H3,17,18,19);1H. The molecular weight excluding hydrogens is 419 g/mol. The molecule has 0 unspecified atom stereocenters. The van der Waals surface area contributed by atoms with Crippen LogP contribution >= 0.6 is 24.0 Å². The number of halogens is 1. The van der Waals surface area contributed by atoms with Crippen LogP contribution in [0, 0.1) is 5.92 Å². The first kappa shape index (κ1) is 20.2. The minimum atomic E-state index is 0. The Bertz CT molecular complexity index is 638. The zero-order valence-corrected chi connectivity index (χ0v) is 16.6. The Morgan fingerprint density at radius 3 is 2.67 bits per heavy atom. The lowest BCUT2D eigenvalue weighted by molar-refractivity contribution is 0.414. The molecule has 0 aliphatic heterocycles. The Balaban J connectivity index is 0.00000288. The van der Waals surface area contributed by atoms with Crippen molar-refractivity contribution in [2.75, 3.05) is 13.7 Å². The van der Waals surface area contributed by atoms with E-state index in [0.717, 1.165) is 30.1 Å². The molecule has 0 aliphatic carbocycles. The molecule has 0 fully saturated rings. The van der Waals surface area contributed by atoms with E-state index < -0.39 is 0 Å². The molecule has 0 spiro atoms. The van der Waals surface area contributed by atoms with E-state index >= 15 is 0 Å². The van der Waals surface area contributed by atoms with Gasteiger partial charge in [0.05, 0.1) is 25.5 Å². The molecule has 2 aromatic rings. The fourth-order valence-electron chi connectivity index (χ4n) is 1.94. The fraction of sp³-hybridized carbons (Fsp3) is 0.438. The second kappa shape index (κ2) is 10.1. The van der Waals surface area contributed by atoms with E-state index in [9.17, 15) is 0 Å². The predicted octanol–water partition coefficient (Wildman–Crippen LogP) is 2.34. The van der Waals surface area contributed by atoms with Gasteiger partial charge in [-0.25, -0.2) is 9.67 Å². The van der Waals surface area contributed by atoms with Crippen molar-refractivity contribution in [1.82, 2.24) is 20.3 Å². The second-order valence-electron chi connectivity index (χ2n) is 5.66. The van der Waals surface area contributed by atoms with Gasteiger partial charge >= 0.3 is 0 Å². The van der Waals surface area contributed by atoms with E-state index in [1.165, 1.54) is 0 Å². The van der Waals surface area contributed by atoms with Gasteiger partial charge in [0.2, 0.25) is 0 Å². The largest absolute Gasteiger partial charge is 0.497 e. The summed E-state index contributed by atoms with van der Waals surface area (Å²) in [6, 6.07) is 7.60. The molecular formula is C16H25IN6O. The van der Waals surface area contributed by atoms with Gasteiger partial charge < -0.3 is 15.8 Å². The summed E-state index contributed by atoms with van der Waals surface area (Å²) in [5, 5.41) is 11.3. The molecule has 1 aromatic heterocycles. The van der Waals surface area contributed by atoms with E-state index in [-0.39, 0.29) is 24.0 Å². The zero-order chi connectivity index (χ0) is 16.7. The molecule has 24 heavy (non-hydrogen) atoms. The van der Waals surface area contributed by atoms with Gasteiger partial charge in [-0.15, -0.1) is 29.1 Å². The highest BCUT2D eigenvalue weighted by atomic mass is 127. The van der Waals surface area contributed by atoms with Crippen LogP contribution in [0.25, 0.3) is 5.69 Å². The Morgan fingerprint density at radius 1 is 1.33 bits per heavy atom. The summed E-state index contributed by atoms with van der Waals surface area (Å²) in [4.78, 5) is 4.27. The van der Waals surface area contributed by atoms with E-state index in [1.807, 2.05) is 30.5 Å². The van der Waals surface area contributed by atoms with E-state index in [1.54, 1.807) is 11.8 Å². The van der Waals surface area contributed by atoms with Crippen LogP contribution in [-0.4, -0.2) is 34.6 Å². The molecule has 0 radical (unpaired) electrons. The van der Waals surface area contributed by atoms with Crippen molar-refractivity contribution < 1.29 is 4.74 Å². The van der Waals surface area contributed by atoms with E-state index in [0.29, 0.717) is 18.4 Å². The molecule has 132 valence electrons. The average molecular weight is 444 g/mol. The van der Waals surface area contributed by atoms with Gasteiger partial charge in [0.15, 0.2) is 5.96 Å². The van der Waals surface area contributed by atoms with Crippen LogP contribution in [0.15, 0.2) is 35.5 Å². The Kier molecular flexibility index (Phi) is 8.51. The molecule has 0 atom stereocenters. The van der Waals surface area contributed by atoms with Gasteiger partial charge in [-0.3, -0.25) is 0 Å². The third-order valence-electron chi connectivity index (χ3n) is 3.32. The number of hydrogen-bond donors (Lipinski definition) is 2. The number of ether oxygens (including phenoxy) is 1. The van der Waals surface area contributed by atoms with Crippen LogP contribution in [0.2, 0.25) is 0 Å². The first-order valence-electron chi connectivity index (χ1n) is 7.68.